The van der Waals surface area contributed by atoms with E-state index >= 15 is 0 Å². The fraction of sp³-hybridized carbons (Fsp3) is 0.353. The van der Waals surface area contributed by atoms with Gasteiger partial charge < -0.3 is 4.90 Å². The summed E-state index contributed by atoms with van der Waals surface area (Å²) in [7, 11) is 0. The van der Waals surface area contributed by atoms with Gasteiger partial charge in [0.05, 0.1) is 0 Å². The van der Waals surface area contributed by atoms with Crippen molar-refractivity contribution in [2.75, 3.05) is 0 Å². The van der Waals surface area contributed by atoms with Gasteiger partial charge in [0.25, 0.3) is 5.91 Å². The number of amides is 1. The van der Waals surface area contributed by atoms with Crippen molar-refractivity contribution in [1.82, 2.24) is 4.90 Å². The molecule has 1 fully saturated rings. The largest absolute Gasteiger partial charge is 0.333 e. The molecule has 2 heteroatoms. The van der Waals surface area contributed by atoms with Crippen LogP contribution >= 0.6 is 0 Å². The summed E-state index contributed by atoms with van der Waals surface area (Å²) in [5.74, 6) is 0.175. The lowest BCUT2D eigenvalue weighted by atomic mass is 10.0. The first-order valence-electron chi connectivity index (χ1n) is 6.99. The van der Waals surface area contributed by atoms with E-state index in [0.29, 0.717) is 12.1 Å². The summed E-state index contributed by atoms with van der Waals surface area (Å²) in [6.45, 7) is 4.29. The molecule has 0 aliphatic carbocycles. The van der Waals surface area contributed by atoms with E-state index in [1.807, 2.05) is 35.2 Å². The Labute approximate surface area is 114 Å². The second-order valence-corrected chi connectivity index (χ2v) is 5.51. The van der Waals surface area contributed by atoms with Crippen molar-refractivity contribution in [1.29, 1.82) is 0 Å². The third-order valence-electron chi connectivity index (χ3n) is 4.21. The molecule has 19 heavy (non-hydrogen) atoms. The number of carbonyl (C=O) groups is 1. The Morgan fingerprint density at radius 2 is 1.63 bits per heavy atom. The first-order chi connectivity index (χ1) is 9.18. The average molecular weight is 253 g/mol. The summed E-state index contributed by atoms with van der Waals surface area (Å²) < 4.78 is 0. The lowest BCUT2D eigenvalue weighted by molar-refractivity contribution is 0.0695. The monoisotopic (exact) mass is 253 g/mol. The highest BCUT2D eigenvalue weighted by Crippen LogP contribution is 2.28. The maximum absolute atomic E-state index is 12.8. The molecule has 0 spiro atoms. The van der Waals surface area contributed by atoms with Gasteiger partial charge in [-0.05, 0) is 43.5 Å². The molecule has 2 aromatic rings. The normalized spacial score (nSPS) is 22.9. The summed E-state index contributed by atoms with van der Waals surface area (Å²) >= 11 is 0. The maximum Gasteiger partial charge on any atom is 0.254 e. The lowest BCUT2D eigenvalue weighted by Crippen LogP contribution is -2.38. The van der Waals surface area contributed by atoms with E-state index in [-0.39, 0.29) is 5.91 Å². The van der Waals surface area contributed by atoms with E-state index < -0.39 is 0 Å². The predicted octanol–water partition coefficient (Wildman–Crippen LogP) is 3.85. The smallest absolute Gasteiger partial charge is 0.254 e. The van der Waals surface area contributed by atoms with Crippen molar-refractivity contribution in [2.45, 2.75) is 38.8 Å². The van der Waals surface area contributed by atoms with Gasteiger partial charge in [0.2, 0.25) is 0 Å². The van der Waals surface area contributed by atoms with Crippen LogP contribution in [0.2, 0.25) is 0 Å². The van der Waals surface area contributed by atoms with E-state index in [0.717, 1.165) is 29.2 Å². The van der Waals surface area contributed by atoms with Crippen LogP contribution in [0.5, 0.6) is 0 Å². The maximum atomic E-state index is 12.8. The molecule has 2 atom stereocenters. The van der Waals surface area contributed by atoms with Gasteiger partial charge in [-0.25, -0.2) is 0 Å². The van der Waals surface area contributed by atoms with Gasteiger partial charge >= 0.3 is 0 Å². The molecule has 0 unspecified atom stereocenters. The molecule has 0 saturated carbocycles. The third kappa shape index (κ3) is 2.01. The van der Waals surface area contributed by atoms with E-state index in [4.69, 9.17) is 0 Å². The summed E-state index contributed by atoms with van der Waals surface area (Å²) in [6.07, 6.45) is 2.22. The quantitative estimate of drug-likeness (QED) is 0.756. The molecule has 0 N–H and O–H groups in total. The summed E-state index contributed by atoms with van der Waals surface area (Å²) in [5, 5.41) is 2.19. The van der Waals surface area contributed by atoms with Crippen LogP contribution in [0.15, 0.2) is 42.5 Å². The zero-order valence-electron chi connectivity index (χ0n) is 11.5. The van der Waals surface area contributed by atoms with Crippen molar-refractivity contribution in [3.05, 3.63) is 48.0 Å². The Balaban J connectivity index is 2.07. The van der Waals surface area contributed by atoms with Gasteiger partial charge in [0.1, 0.15) is 0 Å². The molecular formula is C17H19NO. The van der Waals surface area contributed by atoms with Gasteiger partial charge in [0, 0.05) is 17.6 Å². The highest BCUT2D eigenvalue weighted by Gasteiger charge is 2.32. The van der Waals surface area contributed by atoms with Gasteiger partial charge in [0.15, 0.2) is 0 Å². The van der Waals surface area contributed by atoms with E-state index in [1.54, 1.807) is 0 Å². The number of hydrogen-bond acceptors (Lipinski definition) is 1. The molecule has 98 valence electrons. The minimum Gasteiger partial charge on any atom is -0.333 e. The number of likely N-dealkylation sites (tertiary alicyclic amines) is 1. The number of hydrogen-bond donors (Lipinski definition) is 0. The minimum absolute atomic E-state index is 0.175. The van der Waals surface area contributed by atoms with Crippen LogP contribution in [0.3, 0.4) is 0 Å². The summed E-state index contributed by atoms with van der Waals surface area (Å²) in [5.41, 5.74) is 0.832. The Hall–Kier alpha value is -1.83. The highest BCUT2D eigenvalue weighted by atomic mass is 16.2. The van der Waals surface area contributed by atoms with E-state index in [9.17, 15) is 4.79 Å². The number of carbonyl (C=O) groups excluding carboxylic acids is 1. The first-order valence-corrected chi connectivity index (χ1v) is 6.99. The first kappa shape index (κ1) is 12.2. The zero-order valence-corrected chi connectivity index (χ0v) is 11.5. The molecule has 3 rings (SSSR count). The predicted molar refractivity (Wildman–Crippen MR) is 78.3 cm³/mol. The second kappa shape index (κ2) is 4.69. The lowest BCUT2D eigenvalue weighted by Gasteiger charge is -2.26. The van der Waals surface area contributed by atoms with Crippen LogP contribution in [0.25, 0.3) is 10.8 Å². The highest BCUT2D eigenvalue weighted by molar-refractivity contribution is 6.07. The fourth-order valence-corrected chi connectivity index (χ4v) is 3.15. The van der Waals surface area contributed by atoms with Crippen LogP contribution in [-0.2, 0) is 0 Å². The molecule has 1 aliphatic heterocycles. The van der Waals surface area contributed by atoms with Crippen molar-refractivity contribution in [3.8, 4) is 0 Å². The van der Waals surface area contributed by atoms with E-state index in [1.165, 1.54) is 0 Å². The van der Waals surface area contributed by atoms with Gasteiger partial charge in [-0.3, -0.25) is 4.79 Å². The number of fused-ring (bicyclic) bond motifs is 1. The van der Waals surface area contributed by atoms with Crippen LogP contribution in [0.4, 0.5) is 0 Å². The van der Waals surface area contributed by atoms with Gasteiger partial charge in [-0.2, -0.15) is 0 Å². The molecule has 1 amide bonds. The van der Waals surface area contributed by atoms with Gasteiger partial charge in [-0.1, -0.05) is 36.4 Å². The number of rotatable bonds is 1. The molecule has 1 heterocycles. The standard InChI is InChI=1S/C17H19NO/c1-12-10-11-13(2)18(12)17(19)16-9-5-7-14-6-3-4-8-15(14)16/h3-9,12-13H,10-11H2,1-2H3/t12-,13+. The van der Waals surface area contributed by atoms with Crippen molar-refractivity contribution >= 4 is 16.7 Å². The van der Waals surface area contributed by atoms with Crippen molar-refractivity contribution < 1.29 is 4.79 Å². The Morgan fingerprint density at radius 3 is 2.37 bits per heavy atom. The van der Waals surface area contributed by atoms with Crippen molar-refractivity contribution in [2.24, 2.45) is 0 Å². The van der Waals surface area contributed by atoms with Crippen LogP contribution in [-0.4, -0.2) is 22.9 Å². The minimum atomic E-state index is 0.175. The van der Waals surface area contributed by atoms with Crippen LogP contribution in [0, 0.1) is 0 Å². The molecule has 2 nitrogen and oxygen atoms in total. The molecule has 0 aromatic heterocycles. The fourth-order valence-electron chi connectivity index (χ4n) is 3.15. The second-order valence-electron chi connectivity index (χ2n) is 5.51. The SMILES string of the molecule is C[C@@H]1CC[C@H](C)N1C(=O)c1cccc2ccccc12. The Bertz CT molecular complexity index is 604. The molecule has 2 aromatic carbocycles. The molecule has 1 aliphatic rings. The average Bonchev–Trinajstić information content (AvgIpc) is 2.77. The molecule has 1 saturated heterocycles. The third-order valence-corrected chi connectivity index (χ3v) is 4.21. The molecule has 0 bridgehead atoms. The Kier molecular flexibility index (Phi) is 3.02. The molecule has 0 radical (unpaired) electrons. The summed E-state index contributed by atoms with van der Waals surface area (Å²) in [6, 6.07) is 14.8. The topological polar surface area (TPSA) is 20.3 Å². The Morgan fingerprint density at radius 1 is 1.00 bits per heavy atom. The van der Waals surface area contributed by atoms with Gasteiger partial charge in [-0.15, -0.1) is 0 Å². The van der Waals surface area contributed by atoms with Crippen LogP contribution < -0.4 is 0 Å². The number of nitrogens with zero attached hydrogens (tertiary/aromatic N) is 1. The van der Waals surface area contributed by atoms with Crippen molar-refractivity contribution in [3.63, 3.8) is 0 Å². The zero-order chi connectivity index (χ0) is 13.4. The van der Waals surface area contributed by atoms with Crippen LogP contribution in [0.1, 0.15) is 37.0 Å². The molecular weight excluding hydrogens is 234 g/mol. The summed E-state index contributed by atoms with van der Waals surface area (Å²) in [4.78, 5) is 14.9. The van der Waals surface area contributed by atoms with E-state index in [2.05, 4.69) is 26.0 Å². The number of benzene rings is 2.